The van der Waals surface area contributed by atoms with Crippen LogP contribution in [0.15, 0.2) is 29.2 Å². The minimum Gasteiger partial charge on any atom is -0.396 e. The van der Waals surface area contributed by atoms with Crippen molar-refractivity contribution in [3.63, 3.8) is 0 Å². The van der Waals surface area contributed by atoms with Crippen molar-refractivity contribution in [1.82, 2.24) is 4.90 Å². The van der Waals surface area contributed by atoms with E-state index in [0.717, 1.165) is 10.5 Å². The highest BCUT2D eigenvalue weighted by Crippen LogP contribution is 2.24. The molecule has 3 nitrogen and oxygen atoms in total. The molecule has 0 radical (unpaired) electrons. The fourth-order valence-electron chi connectivity index (χ4n) is 1.84. The van der Waals surface area contributed by atoms with Crippen LogP contribution >= 0.6 is 11.8 Å². The Bertz CT molecular complexity index is 388. The molecule has 1 fully saturated rings. The number of aliphatic hydroxyl groups excluding tert-OH is 1. The monoisotopic (exact) mass is 237 g/mol. The smallest absolute Gasteiger partial charge is 0.255 e. The van der Waals surface area contributed by atoms with E-state index >= 15 is 0 Å². The van der Waals surface area contributed by atoms with Crippen molar-refractivity contribution in [1.29, 1.82) is 0 Å². The molecule has 0 aliphatic carbocycles. The molecular weight excluding hydrogens is 222 g/mol. The van der Waals surface area contributed by atoms with Crippen molar-refractivity contribution in [2.24, 2.45) is 5.92 Å². The molecule has 1 saturated heterocycles. The maximum atomic E-state index is 12.1. The van der Waals surface area contributed by atoms with Gasteiger partial charge in [-0.05, 0) is 18.4 Å². The summed E-state index contributed by atoms with van der Waals surface area (Å²) in [5, 5.41) is 8.91. The first-order valence-corrected chi connectivity index (χ1v) is 6.52. The number of thioether (sulfide) groups is 1. The van der Waals surface area contributed by atoms with Gasteiger partial charge in [-0.2, -0.15) is 0 Å². The van der Waals surface area contributed by atoms with Gasteiger partial charge in [-0.3, -0.25) is 4.79 Å². The number of hydrogen-bond acceptors (Lipinski definition) is 3. The van der Waals surface area contributed by atoms with Gasteiger partial charge in [-0.15, -0.1) is 11.8 Å². The fraction of sp³-hybridized carbons (Fsp3) is 0.417. The second-order valence-corrected chi connectivity index (χ2v) is 4.81. The number of carbonyl (C=O) groups excluding carboxylic acids is 1. The van der Waals surface area contributed by atoms with E-state index in [0.29, 0.717) is 13.1 Å². The van der Waals surface area contributed by atoms with Crippen molar-refractivity contribution in [2.45, 2.75) is 4.90 Å². The van der Waals surface area contributed by atoms with E-state index in [9.17, 15) is 4.79 Å². The molecule has 0 bridgehead atoms. The lowest BCUT2D eigenvalue weighted by Gasteiger charge is -2.38. The summed E-state index contributed by atoms with van der Waals surface area (Å²) in [6, 6.07) is 7.65. The van der Waals surface area contributed by atoms with Crippen LogP contribution in [0.25, 0.3) is 0 Å². The lowest BCUT2D eigenvalue weighted by atomic mass is 10.00. The number of aliphatic hydroxyl groups is 1. The van der Waals surface area contributed by atoms with Crippen LogP contribution in [-0.2, 0) is 0 Å². The van der Waals surface area contributed by atoms with E-state index in [4.69, 9.17) is 5.11 Å². The number of amides is 1. The zero-order valence-electron chi connectivity index (χ0n) is 9.22. The van der Waals surface area contributed by atoms with E-state index < -0.39 is 0 Å². The first-order chi connectivity index (χ1) is 7.76. The van der Waals surface area contributed by atoms with Crippen LogP contribution in [0.3, 0.4) is 0 Å². The normalized spacial score (nSPS) is 16.0. The highest BCUT2D eigenvalue weighted by molar-refractivity contribution is 7.98. The molecule has 4 heteroatoms. The highest BCUT2D eigenvalue weighted by atomic mass is 32.2. The molecule has 2 rings (SSSR count). The predicted octanol–water partition coefficient (Wildman–Crippen LogP) is 1.47. The zero-order chi connectivity index (χ0) is 11.5. The quantitative estimate of drug-likeness (QED) is 0.809. The Morgan fingerprint density at radius 3 is 2.81 bits per heavy atom. The van der Waals surface area contributed by atoms with Gasteiger partial charge >= 0.3 is 0 Å². The molecule has 1 N–H and O–H groups in total. The van der Waals surface area contributed by atoms with Crippen molar-refractivity contribution < 1.29 is 9.90 Å². The fourth-order valence-corrected chi connectivity index (χ4v) is 2.43. The molecule has 1 heterocycles. The summed E-state index contributed by atoms with van der Waals surface area (Å²) in [6.07, 6.45) is 1.97. The molecule has 0 unspecified atom stereocenters. The van der Waals surface area contributed by atoms with Gasteiger partial charge in [0, 0.05) is 30.5 Å². The number of carbonyl (C=O) groups is 1. The number of rotatable bonds is 3. The summed E-state index contributed by atoms with van der Waals surface area (Å²) in [5.41, 5.74) is 0.770. The zero-order valence-corrected chi connectivity index (χ0v) is 10.0. The van der Waals surface area contributed by atoms with E-state index in [1.807, 2.05) is 30.5 Å². The maximum absolute atomic E-state index is 12.1. The van der Waals surface area contributed by atoms with Crippen LogP contribution in [0.4, 0.5) is 0 Å². The topological polar surface area (TPSA) is 40.5 Å². The van der Waals surface area contributed by atoms with Gasteiger partial charge in [0.05, 0.1) is 5.56 Å². The highest BCUT2D eigenvalue weighted by Gasteiger charge is 2.31. The molecule has 1 aliphatic rings. The van der Waals surface area contributed by atoms with Gasteiger partial charge in [0.2, 0.25) is 0 Å². The van der Waals surface area contributed by atoms with Crippen LogP contribution < -0.4 is 0 Å². The number of nitrogens with zero attached hydrogens (tertiary/aromatic N) is 1. The number of likely N-dealkylation sites (tertiary alicyclic amines) is 1. The summed E-state index contributed by atoms with van der Waals surface area (Å²) in [7, 11) is 0. The summed E-state index contributed by atoms with van der Waals surface area (Å²) < 4.78 is 0. The summed E-state index contributed by atoms with van der Waals surface area (Å²) in [5.74, 6) is 0.347. The Balaban J connectivity index is 2.10. The van der Waals surface area contributed by atoms with Crippen LogP contribution in [0.5, 0.6) is 0 Å². The third-order valence-corrected chi connectivity index (χ3v) is 3.64. The molecule has 16 heavy (non-hydrogen) atoms. The molecule has 0 atom stereocenters. The number of hydrogen-bond donors (Lipinski definition) is 1. The predicted molar refractivity (Wildman–Crippen MR) is 64.7 cm³/mol. The van der Waals surface area contributed by atoms with Gasteiger partial charge in [0.25, 0.3) is 5.91 Å². The van der Waals surface area contributed by atoms with Gasteiger partial charge in [0.15, 0.2) is 0 Å². The van der Waals surface area contributed by atoms with Crippen molar-refractivity contribution >= 4 is 17.7 Å². The van der Waals surface area contributed by atoms with E-state index in [-0.39, 0.29) is 18.4 Å². The lowest BCUT2D eigenvalue weighted by Crippen LogP contribution is -2.51. The summed E-state index contributed by atoms with van der Waals surface area (Å²) in [6.45, 7) is 1.53. The van der Waals surface area contributed by atoms with Crippen LogP contribution in [0, 0.1) is 5.92 Å². The molecular formula is C12H15NO2S. The Labute approximate surface area is 99.5 Å². The van der Waals surface area contributed by atoms with E-state index in [1.165, 1.54) is 0 Å². The lowest BCUT2D eigenvalue weighted by molar-refractivity contribution is 0.0359. The molecule has 1 aliphatic heterocycles. The molecule has 1 amide bonds. The minimum atomic E-state index is 0.0784. The minimum absolute atomic E-state index is 0.0784. The van der Waals surface area contributed by atoms with Crippen LogP contribution in [-0.4, -0.2) is 41.9 Å². The second kappa shape index (κ2) is 4.89. The Morgan fingerprint density at radius 1 is 1.50 bits per heavy atom. The molecule has 0 saturated carbocycles. The molecule has 86 valence electrons. The Kier molecular flexibility index (Phi) is 3.51. The standard InChI is InChI=1S/C12H15NO2S/c1-16-11-5-3-2-4-10(11)12(15)13-6-9(7-13)8-14/h2-5,9,14H,6-8H2,1H3. The second-order valence-electron chi connectivity index (χ2n) is 3.96. The first-order valence-electron chi connectivity index (χ1n) is 5.29. The van der Waals surface area contributed by atoms with Gasteiger partial charge in [0.1, 0.15) is 0 Å². The van der Waals surface area contributed by atoms with Gasteiger partial charge in [-0.25, -0.2) is 0 Å². The molecule has 0 spiro atoms. The van der Waals surface area contributed by atoms with Crippen LogP contribution in [0.1, 0.15) is 10.4 Å². The third-order valence-electron chi connectivity index (χ3n) is 2.84. The van der Waals surface area contributed by atoms with Gasteiger partial charge in [-0.1, -0.05) is 12.1 Å². The van der Waals surface area contributed by atoms with Crippen molar-refractivity contribution in [3.05, 3.63) is 29.8 Å². The van der Waals surface area contributed by atoms with E-state index in [1.54, 1.807) is 16.7 Å². The van der Waals surface area contributed by atoms with E-state index in [2.05, 4.69) is 0 Å². The molecule has 1 aromatic carbocycles. The SMILES string of the molecule is CSc1ccccc1C(=O)N1CC(CO)C1. The Hall–Kier alpha value is -1.00. The summed E-state index contributed by atoms with van der Waals surface area (Å²) >= 11 is 1.59. The maximum Gasteiger partial charge on any atom is 0.255 e. The average molecular weight is 237 g/mol. The Morgan fingerprint density at radius 2 is 2.19 bits per heavy atom. The van der Waals surface area contributed by atoms with Crippen molar-refractivity contribution in [3.8, 4) is 0 Å². The van der Waals surface area contributed by atoms with Crippen molar-refractivity contribution in [2.75, 3.05) is 26.0 Å². The third kappa shape index (κ3) is 2.08. The van der Waals surface area contributed by atoms with Gasteiger partial charge < -0.3 is 10.0 Å². The first kappa shape index (κ1) is 11.5. The summed E-state index contributed by atoms with van der Waals surface area (Å²) in [4.78, 5) is 14.9. The van der Waals surface area contributed by atoms with Crippen LogP contribution in [0.2, 0.25) is 0 Å². The molecule has 1 aromatic rings. The largest absolute Gasteiger partial charge is 0.396 e. The average Bonchev–Trinajstić information content (AvgIpc) is 2.27. The molecule has 0 aromatic heterocycles. The number of benzene rings is 1.